The van der Waals surface area contributed by atoms with Gasteiger partial charge in [0.15, 0.2) is 0 Å². The smallest absolute Gasteiger partial charge is 0.254 e. The number of carbonyl (C=O) groups is 1. The van der Waals surface area contributed by atoms with Gasteiger partial charge in [0, 0.05) is 36.6 Å². The predicted molar refractivity (Wildman–Crippen MR) is 133 cm³/mol. The van der Waals surface area contributed by atoms with Crippen LogP contribution in [0.5, 0.6) is 11.5 Å². The van der Waals surface area contributed by atoms with E-state index in [1.807, 2.05) is 71.6 Å². The first kappa shape index (κ1) is 21.8. The molecule has 0 aliphatic carbocycles. The lowest BCUT2D eigenvalue weighted by molar-refractivity contribution is 0.0709. The van der Waals surface area contributed by atoms with Crippen molar-refractivity contribution in [3.63, 3.8) is 0 Å². The van der Waals surface area contributed by atoms with Crippen molar-refractivity contribution in [2.75, 3.05) is 20.8 Å². The first-order chi connectivity index (χ1) is 16.7. The molecule has 34 heavy (non-hydrogen) atoms. The van der Waals surface area contributed by atoms with Gasteiger partial charge in [0.25, 0.3) is 5.91 Å². The number of hydrogen-bond acceptors (Lipinski definition) is 3. The van der Waals surface area contributed by atoms with E-state index in [9.17, 15) is 4.79 Å². The Hall–Kier alpha value is -3.99. The van der Waals surface area contributed by atoms with Gasteiger partial charge in [0.1, 0.15) is 11.5 Å². The lowest BCUT2D eigenvalue weighted by Gasteiger charge is -2.31. The van der Waals surface area contributed by atoms with Crippen LogP contribution in [0.1, 0.15) is 34.1 Å². The second-order valence-corrected chi connectivity index (χ2v) is 8.47. The van der Waals surface area contributed by atoms with Crippen LogP contribution < -0.4 is 9.47 Å². The first-order valence-corrected chi connectivity index (χ1v) is 11.5. The van der Waals surface area contributed by atoms with Crippen LogP contribution in [0.15, 0.2) is 91.1 Å². The summed E-state index contributed by atoms with van der Waals surface area (Å²) in [5, 5.41) is 0. The summed E-state index contributed by atoms with van der Waals surface area (Å²) in [6.45, 7) is 1.53. The number of aryl methyl sites for hydroxylation is 1. The average Bonchev–Trinajstić information content (AvgIpc) is 3.28. The van der Waals surface area contributed by atoms with Crippen molar-refractivity contribution in [3.8, 4) is 22.6 Å². The highest BCUT2D eigenvalue weighted by Crippen LogP contribution is 2.37. The molecule has 1 atom stereocenters. The van der Waals surface area contributed by atoms with E-state index in [1.54, 1.807) is 14.2 Å². The molecule has 0 bridgehead atoms. The normalized spacial score (nSPS) is 15.4. The Bertz CT molecular complexity index is 1260. The summed E-state index contributed by atoms with van der Waals surface area (Å²) < 4.78 is 13.3. The van der Waals surface area contributed by atoms with E-state index in [1.165, 1.54) is 0 Å². The predicted octanol–water partition coefficient (Wildman–Crippen LogP) is 5.81. The Morgan fingerprint density at radius 3 is 2.15 bits per heavy atom. The maximum atomic E-state index is 13.9. The van der Waals surface area contributed by atoms with Crippen molar-refractivity contribution in [1.29, 1.82) is 0 Å². The summed E-state index contributed by atoms with van der Waals surface area (Å²) >= 11 is 0. The summed E-state index contributed by atoms with van der Waals surface area (Å²) in [5.74, 6) is 1.42. The Morgan fingerprint density at radius 2 is 1.47 bits per heavy atom. The van der Waals surface area contributed by atoms with Crippen LogP contribution in [0.25, 0.3) is 11.1 Å². The number of amides is 1. The van der Waals surface area contributed by atoms with E-state index in [-0.39, 0.29) is 11.9 Å². The van der Waals surface area contributed by atoms with E-state index < -0.39 is 0 Å². The van der Waals surface area contributed by atoms with Crippen molar-refractivity contribution < 1.29 is 14.3 Å². The number of carbonyl (C=O) groups excluding carboxylic acids is 1. The van der Waals surface area contributed by atoms with Crippen LogP contribution in [0, 0.1) is 0 Å². The molecule has 1 aliphatic heterocycles. The molecular weight excluding hydrogens is 424 g/mol. The number of rotatable bonds is 5. The zero-order valence-electron chi connectivity index (χ0n) is 19.5. The minimum absolute atomic E-state index is 0.0149. The van der Waals surface area contributed by atoms with Gasteiger partial charge in [-0.2, -0.15) is 0 Å². The van der Waals surface area contributed by atoms with Gasteiger partial charge in [-0.25, -0.2) is 0 Å². The zero-order valence-corrected chi connectivity index (χ0v) is 19.5. The quantitative estimate of drug-likeness (QED) is 0.384. The third-order valence-corrected chi connectivity index (χ3v) is 6.44. The molecule has 0 spiro atoms. The van der Waals surface area contributed by atoms with Crippen molar-refractivity contribution in [1.82, 2.24) is 9.47 Å². The van der Waals surface area contributed by atoms with Crippen LogP contribution in [0.4, 0.5) is 0 Å². The summed E-state index contributed by atoms with van der Waals surface area (Å²) in [6, 6.07) is 27.8. The molecule has 1 aromatic heterocycles. The molecule has 172 valence electrons. The number of benzene rings is 3. The van der Waals surface area contributed by atoms with Crippen molar-refractivity contribution in [2.24, 2.45) is 0 Å². The number of hydrogen-bond donors (Lipinski definition) is 0. The van der Waals surface area contributed by atoms with Gasteiger partial charge in [-0.05, 0) is 59.5 Å². The second kappa shape index (κ2) is 9.48. The summed E-state index contributed by atoms with van der Waals surface area (Å²) in [7, 11) is 3.29. The number of methoxy groups -OCH3 is 2. The molecule has 5 heteroatoms. The number of nitrogens with zero attached hydrogens (tertiary/aromatic N) is 2. The highest BCUT2D eigenvalue weighted by atomic mass is 16.5. The van der Waals surface area contributed by atoms with Crippen molar-refractivity contribution >= 4 is 5.91 Å². The van der Waals surface area contributed by atoms with E-state index in [4.69, 9.17) is 9.47 Å². The Kier molecular flexibility index (Phi) is 6.09. The SMILES string of the molecule is COc1cc(OC)cc(C2c3cccn3CCCN2C(=O)c2ccc(-c3ccccc3)cc2)c1. The van der Waals surface area contributed by atoms with Crippen LogP contribution >= 0.6 is 0 Å². The Labute approximate surface area is 200 Å². The lowest BCUT2D eigenvalue weighted by atomic mass is 9.99. The molecule has 1 amide bonds. The monoisotopic (exact) mass is 452 g/mol. The zero-order chi connectivity index (χ0) is 23.5. The molecule has 5 nitrogen and oxygen atoms in total. The van der Waals surface area contributed by atoms with Crippen LogP contribution in [-0.4, -0.2) is 36.1 Å². The number of fused-ring (bicyclic) bond motifs is 1. The first-order valence-electron chi connectivity index (χ1n) is 11.5. The molecule has 1 unspecified atom stereocenters. The van der Waals surface area contributed by atoms with Gasteiger partial charge in [-0.1, -0.05) is 42.5 Å². The lowest BCUT2D eigenvalue weighted by Crippen LogP contribution is -2.35. The molecular formula is C29H28N2O3. The van der Waals surface area contributed by atoms with E-state index in [2.05, 4.69) is 29.0 Å². The van der Waals surface area contributed by atoms with Gasteiger partial charge >= 0.3 is 0 Å². The van der Waals surface area contributed by atoms with E-state index >= 15 is 0 Å². The topological polar surface area (TPSA) is 43.7 Å². The molecule has 0 saturated heterocycles. The Morgan fingerprint density at radius 1 is 0.794 bits per heavy atom. The summed E-state index contributed by atoms with van der Waals surface area (Å²) in [4.78, 5) is 15.9. The highest BCUT2D eigenvalue weighted by Gasteiger charge is 2.32. The summed E-state index contributed by atoms with van der Waals surface area (Å²) in [5.41, 5.74) is 4.96. The molecule has 4 aromatic rings. The van der Waals surface area contributed by atoms with Gasteiger partial charge in [-0.15, -0.1) is 0 Å². The number of ether oxygens (including phenoxy) is 2. The standard InChI is InChI=1S/C29H28N2O3/c1-33-25-18-24(19-26(20-25)34-2)28-27-10-6-15-30(27)16-7-17-31(28)29(32)23-13-11-22(12-14-23)21-8-4-3-5-9-21/h3-6,8-15,18-20,28H,7,16-17H2,1-2H3. The minimum atomic E-state index is -0.247. The van der Waals surface area contributed by atoms with Gasteiger partial charge in [0.05, 0.1) is 20.3 Å². The molecule has 2 heterocycles. The number of aromatic nitrogens is 1. The maximum Gasteiger partial charge on any atom is 0.254 e. The van der Waals surface area contributed by atoms with E-state index in [0.29, 0.717) is 23.6 Å². The third-order valence-electron chi connectivity index (χ3n) is 6.44. The highest BCUT2D eigenvalue weighted by molar-refractivity contribution is 5.95. The summed E-state index contributed by atoms with van der Waals surface area (Å²) in [6.07, 6.45) is 2.97. The largest absolute Gasteiger partial charge is 0.497 e. The Balaban J connectivity index is 1.54. The molecule has 0 N–H and O–H groups in total. The molecule has 5 rings (SSSR count). The molecule has 0 saturated carbocycles. The average molecular weight is 453 g/mol. The fraction of sp³-hybridized carbons (Fsp3) is 0.207. The van der Waals surface area contributed by atoms with Crippen LogP contribution in [0.3, 0.4) is 0 Å². The molecule has 0 fully saturated rings. The van der Waals surface area contributed by atoms with Crippen molar-refractivity contribution in [2.45, 2.75) is 19.0 Å². The molecule has 1 aliphatic rings. The van der Waals surface area contributed by atoms with E-state index in [0.717, 1.165) is 35.3 Å². The fourth-order valence-electron chi connectivity index (χ4n) is 4.74. The van der Waals surface area contributed by atoms with Crippen LogP contribution in [0.2, 0.25) is 0 Å². The van der Waals surface area contributed by atoms with Gasteiger partial charge in [0.2, 0.25) is 0 Å². The molecule has 0 radical (unpaired) electrons. The van der Waals surface area contributed by atoms with Gasteiger partial charge in [-0.3, -0.25) is 4.79 Å². The second-order valence-electron chi connectivity index (χ2n) is 8.47. The van der Waals surface area contributed by atoms with Gasteiger partial charge < -0.3 is 18.9 Å². The third kappa shape index (κ3) is 4.17. The van der Waals surface area contributed by atoms with Crippen LogP contribution in [-0.2, 0) is 6.54 Å². The van der Waals surface area contributed by atoms with Crippen molar-refractivity contribution in [3.05, 3.63) is 108 Å². The minimum Gasteiger partial charge on any atom is -0.497 e. The molecule has 3 aromatic carbocycles. The maximum absolute atomic E-state index is 13.9. The fourth-order valence-corrected chi connectivity index (χ4v) is 4.74.